The van der Waals surface area contributed by atoms with Gasteiger partial charge in [-0.1, -0.05) is 120 Å². The fourth-order valence-electron chi connectivity index (χ4n) is 9.92. The van der Waals surface area contributed by atoms with E-state index in [0.29, 0.717) is 0 Å². The molecule has 37 heavy (non-hydrogen) atoms. The average molecular weight is 701 g/mol. The van der Waals surface area contributed by atoms with Crippen LogP contribution in [0.2, 0.25) is 63.5 Å². The molecule has 6 unspecified atom stereocenters. The average Bonchev–Trinajstić information content (AvgIpc) is 3.27. The van der Waals surface area contributed by atoms with Crippen LogP contribution < -0.4 is 0 Å². The van der Waals surface area contributed by atoms with E-state index in [0.717, 1.165) is 64.3 Å². The van der Waals surface area contributed by atoms with Crippen molar-refractivity contribution in [1.29, 1.82) is 0 Å². The third kappa shape index (κ3) is 10.0. The van der Waals surface area contributed by atoms with Gasteiger partial charge in [0, 0.05) is 0 Å². The molecule has 9 atom stereocenters. The predicted octanol–water partition coefficient (Wildman–Crippen LogP) is 11.4. The summed E-state index contributed by atoms with van der Waals surface area (Å²) in [6.07, 6.45) is 9.26. The molecule has 0 bridgehead atoms. The Kier molecular flexibility index (Phi) is 14.4. The first-order valence-corrected chi connectivity index (χ1v) is 26.4. The Balaban J connectivity index is 0.000000589. The first kappa shape index (κ1) is 37.0. The van der Waals surface area contributed by atoms with Gasteiger partial charge < -0.3 is 5.67 Å². The van der Waals surface area contributed by atoms with Gasteiger partial charge in [-0.05, 0) is 83.6 Å². The van der Waals surface area contributed by atoms with Crippen LogP contribution in [-0.2, 0) is 0 Å². The molecule has 3 rings (SSSR count). The Morgan fingerprint density at radius 2 is 1.11 bits per heavy atom. The van der Waals surface area contributed by atoms with E-state index in [2.05, 4.69) is 107 Å². The second-order valence-corrected chi connectivity index (χ2v) is 33.2. The summed E-state index contributed by atoms with van der Waals surface area (Å²) < 4.78 is 0. The van der Waals surface area contributed by atoms with E-state index in [1.807, 2.05) is 0 Å². The van der Waals surface area contributed by atoms with Crippen LogP contribution in [0, 0.1) is 99.3 Å². The summed E-state index contributed by atoms with van der Waals surface area (Å²) in [5, 5.41) is 0. The van der Waals surface area contributed by atoms with Crippen LogP contribution in [0.5, 0.6) is 0 Å². The van der Waals surface area contributed by atoms with Crippen molar-refractivity contribution in [3.05, 3.63) is 5.67 Å². The van der Waals surface area contributed by atoms with Crippen LogP contribution in [0.15, 0.2) is 0 Å². The zero-order chi connectivity index (χ0) is 27.8. The standard InChI is InChI=1S/C26H50Si.C7H19Si2.Sm/c1-16(2)24-13-10-17(3)14-25(24)22-11-12-23(15-22)27(8,9)26-20(6)18(4)19(5)21(26)7;1-8(2,3)7-9(4,5)6;/h16-26H,10-15H2,1-9H3;7H,1-6H3;/q;-1;+3/t17-,18?,19?,20?,21?,22?,23?,24+,25+,26?;;/m1../s1. The zero-order valence-electron chi connectivity index (χ0n) is 28.1. The Bertz CT molecular complexity index is 650. The maximum Gasteiger partial charge on any atom is 3.00 e. The van der Waals surface area contributed by atoms with Crippen molar-refractivity contribution >= 4 is 24.2 Å². The number of hydrogen-bond donors (Lipinski definition) is 0. The quantitative estimate of drug-likeness (QED) is 0.191. The molecular weight excluding hydrogens is 631 g/mol. The fourth-order valence-corrected chi connectivity index (χ4v) is 26.0. The molecular formula is C33H69Si3Sm+2. The minimum atomic E-state index is -1.22. The van der Waals surface area contributed by atoms with Crippen molar-refractivity contribution in [2.24, 2.45) is 53.3 Å². The fraction of sp³-hybridized carbons (Fsp3) is 0.970. The molecule has 4 heteroatoms. The van der Waals surface area contributed by atoms with Gasteiger partial charge in [-0.15, -0.1) is 16.1 Å². The molecule has 0 N–H and O–H groups in total. The van der Waals surface area contributed by atoms with Crippen LogP contribution in [0.4, 0.5) is 0 Å². The van der Waals surface area contributed by atoms with E-state index in [1.54, 1.807) is 19.3 Å². The summed E-state index contributed by atoms with van der Waals surface area (Å²) in [4.78, 5) is 0. The van der Waals surface area contributed by atoms with E-state index in [4.69, 9.17) is 0 Å². The topological polar surface area (TPSA) is 0 Å². The minimum Gasteiger partial charge on any atom is -0.327 e. The number of hydrogen-bond acceptors (Lipinski definition) is 0. The van der Waals surface area contributed by atoms with Crippen molar-refractivity contribution in [3.63, 3.8) is 0 Å². The van der Waals surface area contributed by atoms with Crippen molar-refractivity contribution in [1.82, 2.24) is 0 Å². The summed E-state index contributed by atoms with van der Waals surface area (Å²) in [5.74, 6) is 8.74. The summed E-state index contributed by atoms with van der Waals surface area (Å²) in [5.41, 5.74) is 4.80. The van der Waals surface area contributed by atoms with Crippen molar-refractivity contribution < 1.29 is 40.4 Å². The Morgan fingerprint density at radius 3 is 1.51 bits per heavy atom. The molecule has 217 valence electrons. The molecule has 0 heterocycles. The Labute approximate surface area is 271 Å². The van der Waals surface area contributed by atoms with Gasteiger partial charge in [-0.3, -0.25) is 0 Å². The molecule has 3 saturated carbocycles. The van der Waals surface area contributed by atoms with Crippen LogP contribution in [0.1, 0.15) is 87.0 Å². The molecule has 0 aromatic rings. The smallest absolute Gasteiger partial charge is 0.327 e. The molecule has 0 nitrogen and oxygen atoms in total. The predicted molar refractivity (Wildman–Crippen MR) is 175 cm³/mol. The summed E-state index contributed by atoms with van der Waals surface area (Å²) >= 11 is 0. The molecule has 3 fully saturated rings. The Morgan fingerprint density at radius 1 is 0.622 bits per heavy atom. The molecule has 3 aliphatic carbocycles. The largest absolute Gasteiger partial charge is 3.00 e. The third-order valence-electron chi connectivity index (χ3n) is 11.6. The maximum absolute atomic E-state index is 2.80. The van der Waals surface area contributed by atoms with Gasteiger partial charge in [0.05, 0.1) is 8.07 Å². The van der Waals surface area contributed by atoms with E-state index in [-0.39, 0.29) is 40.4 Å². The molecule has 0 spiro atoms. The Hall–Kier alpha value is 1.99. The van der Waals surface area contributed by atoms with Crippen molar-refractivity contribution in [2.45, 2.75) is 150 Å². The van der Waals surface area contributed by atoms with Gasteiger partial charge in [0.2, 0.25) is 0 Å². The normalized spacial score (nSPS) is 39.2. The van der Waals surface area contributed by atoms with Gasteiger partial charge in [0.1, 0.15) is 0 Å². The first-order valence-electron chi connectivity index (χ1n) is 16.1. The van der Waals surface area contributed by atoms with Crippen molar-refractivity contribution in [2.75, 3.05) is 0 Å². The van der Waals surface area contributed by atoms with E-state index < -0.39 is 24.2 Å². The van der Waals surface area contributed by atoms with Crippen LogP contribution >= 0.6 is 0 Å². The van der Waals surface area contributed by atoms with Crippen LogP contribution in [0.3, 0.4) is 0 Å². The van der Waals surface area contributed by atoms with Gasteiger partial charge in [-0.2, -0.15) is 0 Å². The molecule has 1 radical (unpaired) electrons. The minimum absolute atomic E-state index is 0. The van der Waals surface area contributed by atoms with Gasteiger partial charge in [0.15, 0.2) is 0 Å². The monoisotopic (exact) mass is 701 g/mol. The van der Waals surface area contributed by atoms with E-state index in [9.17, 15) is 0 Å². The molecule has 0 saturated heterocycles. The number of rotatable bonds is 6. The summed E-state index contributed by atoms with van der Waals surface area (Å²) in [6.45, 7) is 37.9. The van der Waals surface area contributed by atoms with Gasteiger partial charge >= 0.3 is 40.4 Å². The van der Waals surface area contributed by atoms with E-state index >= 15 is 0 Å². The maximum atomic E-state index is 2.80. The van der Waals surface area contributed by atoms with Crippen LogP contribution in [-0.4, -0.2) is 24.2 Å². The van der Waals surface area contributed by atoms with Gasteiger partial charge in [-0.25, -0.2) is 0 Å². The molecule has 3 aliphatic rings. The summed E-state index contributed by atoms with van der Waals surface area (Å²) in [6, 6.07) is 0. The summed E-state index contributed by atoms with van der Waals surface area (Å²) in [7, 11) is -2.93. The second-order valence-electron chi connectivity index (χ2n) is 17.4. The van der Waals surface area contributed by atoms with Crippen molar-refractivity contribution in [3.8, 4) is 0 Å². The molecule has 0 aliphatic heterocycles. The zero-order valence-corrected chi connectivity index (χ0v) is 33.7. The van der Waals surface area contributed by atoms with E-state index in [1.165, 1.54) is 19.3 Å². The molecule has 0 amide bonds. The first-order chi connectivity index (χ1) is 16.3. The van der Waals surface area contributed by atoms with Gasteiger partial charge in [0.25, 0.3) is 0 Å². The third-order valence-corrected chi connectivity index (χ3v) is 23.9. The molecule has 0 aromatic heterocycles. The SMILES string of the molecule is CC1C(C)C(C)C([Si](C)(C)C2CCC([C@@H]3C[C@H](C)CC[C@H]3C(C)C)C2)C1C.C[Si](C)(C)[CH-][Si](C)(C)C.[Sm+3]. The second kappa shape index (κ2) is 14.4. The molecule has 0 aromatic carbocycles. The van der Waals surface area contributed by atoms with Crippen LogP contribution in [0.25, 0.3) is 0 Å².